The molecule has 4 nitrogen and oxygen atoms in total. The summed E-state index contributed by atoms with van der Waals surface area (Å²) < 4.78 is 1.87. The van der Waals surface area contributed by atoms with Crippen molar-refractivity contribution < 1.29 is 0 Å². The van der Waals surface area contributed by atoms with Gasteiger partial charge in [-0.05, 0) is 37.9 Å². The van der Waals surface area contributed by atoms with Gasteiger partial charge in [-0.3, -0.25) is 9.67 Å². The van der Waals surface area contributed by atoms with E-state index < -0.39 is 0 Å². The molecule has 0 aromatic carbocycles. The zero-order chi connectivity index (χ0) is 13.8. The second-order valence-corrected chi connectivity index (χ2v) is 5.03. The largest absolute Gasteiger partial charge is 0.306 e. The maximum atomic E-state index is 4.44. The fourth-order valence-corrected chi connectivity index (χ4v) is 2.33. The topological polar surface area (TPSA) is 42.7 Å². The van der Waals surface area contributed by atoms with Gasteiger partial charge in [0, 0.05) is 31.2 Å². The number of hydrogen-bond donors (Lipinski definition) is 1. The van der Waals surface area contributed by atoms with Crippen molar-refractivity contribution in [2.45, 2.75) is 33.2 Å². The molecule has 0 fully saturated rings. The Hall–Kier alpha value is -1.68. The highest BCUT2D eigenvalue weighted by Gasteiger charge is 2.18. The third-order valence-corrected chi connectivity index (χ3v) is 3.19. The Bertz CT molecular complexity index is 545. The van der Waals surface area contributed by atoms with Gasteiger partial charge in [0.1, 0.15) is 0 Å². The molecule has 2 aromatic rings. The number of nitrogens with one attached hydrogen (secondary N) is 1. The quantitative estimate of drug-likeness (QED) is 0.896. The molecule has 0 amide bonds. The number of aromatic nitrogens is 3. The van der Waals surface area contributed by atoms with Gasteiger partial charge in [0.05, 0.1) is 11.7 Å². The van der Waals surface area contributed by atoms with Crippen LogP contribution >= 0.6 is 0 Å². The van der Waals surface area contributed by atoms with Gasteiger partial charge in [0.2, 0.25) is 0 Å². The Kier molecular flexibility index (Phi) is 4.32. The second-order valence-electron chi connectivity index (χ2n) is 5.03. The van der Waals surface area contributed by atoms with Crippen molar-refractivity contribution >= 4 is 0 Å². The number of pyridine rings is 1. The summed E-state index contributed by atoms with van der Waals surface area (Å²) in [5.74, 6) is 0. The van der Waals surface area contributed by atoms with Crippen molar-refractivity contribution in [1.82, 2.24) is 20.1 Å². The molecule has 2 rings (SSSR count). The summed E-state index contributed by atoms with van der Waals surface area (Å²) in [5, 5.41) is 8.03. The van der Waals surface area contributed by atoms with E-state index in [0.717, 1.165) is 18.7 Å². The summed E-state index contributed by atoms with van der Waals surface area (Å²) in [6.45, 7) is 7.28. The lowest BCUT2D eigenvalue weighted by Gasteiger charge is -2.18. The van der Waals surface area contributed by atoms with Crippen LogP contribution in [0.25, 0.3) is 0 Å². The molecular formula is C15H22N4. The van der Waals surface area contributed by atoms with E-state index in [-0.39, 0.29) is 6.04 Å². The van der Waals surface area contributed by atoms with Crippen LogP contribution in [0.5, 0.6) is 0 Å². The van der Waals surface area contributed by atoms with Gasteiger partial charge < -0.3 is 5.32 Å². The molecule has 0 aliphatic carbocycles. The van der Waals surface area contributed by atoms with Gasteiger partial charge in [0.15, 0.2) is 0 Å². The minimum Gasteiger partial charge on any atom is -0.306 e. The number of rotatable bonds is 5. The molecule has 2 heterocycles. The maximum Gasteiger partial charge on any atom is 0.0644 e. The van der Waals surface area contributed by atoms with Crippen molar-refractivity contribution in [1.29, 1.82) is 0 Å². The Morgan fingerprint density at radius 2 is 2.11 bits per heavy atom. The third-order valence-electron chi connectivity index (χ3n) is 3.19. The normalized spacial score (nSPS) is 12.6. The fraction of sp³-hybridized carbons (Fsp3) is 0.467. The summed E-state index contributed by atoms with van der Waals surface area (Å²) >= 11 is 0. The first-order valence-electron chi connectivity index (χ1n) is 6.77. The van der Waals surface area contributed by atoms with Crippen LogP contribution in [-0.2, 0) is 7.05 Å². The van der Waals surface area contributed by atoms with E-state index in [1.54, 1.807) is 0 Å². The van der Waals surface area contributed by atoms with E-state index in [9.17, 15) is 0 Å². The van der Waals surface area contributed by atoms with Gasteiger partial charge >= 0.3 is 0 Å². The van der Waals surface area contributed by atoms with Crippen LogP contribution in [0.2, 0.25) is 0 Å². The van der Waals surface area contributed by atoms with Crippen molar-refractivity contribution in [3.63, 3.8) is 0 Å². The molecule has 4 heteroatoms. The average molecular weight is 258 g/mol. The van der Waals surface area contributed by atoms with Gasteiger partial charge in [-0.2, -0.15) is 5.10 Å². The Morgan fingerprint density at radius 1 is 1.32 bits per heavy atom. The van der Waals surface area contributed by atoms with Crippen LogP contribution < -0.4 is 5.32 Å². The minimum absolute atomic E-state index is 0.168. The average Bonchev–Trinajstić information content (AvgIpc) is 2.69. The molecule has 0 bridgehead atoms. The zero-order valence-corrected chi connectivity index (χ0v) is 12.1. The minimum atomic E-state index is 0.168. The lowest BCUT2D eigenvalue weighted by atomic mass is 10.00. The molecular weight excluding hydrogens is 236 g/mol. The highest BCUT2D eigenvalue weighted by Crippen LogP contribution is 2.24. The number of nitrogens with zero attached hydrogens (tertiary/aromatic N) is 3. The zero-order valence-electron chi connectivity index (χ0n) is 12.1. The first-order chi connectivity index (χ1) is 9.11. The Morgan fingerprint density at radius 3 is 2.68 bits per heavy atom. The first-order valence-corrected chi connectivity index (χ1v) is 6.77. The van der Waals surface area contributed by atoms with Crippen LogP contribution in [-0.4, -0.2) is 21.3 Å². The Labute approximate surface area is 114 Å². The van der Waals surface area contributed by atoms with Crippen LogP contribution in [0, 0.1) is 13.8 Å². The van der Waals surface area contributed by atoms with E-state index in [1.165, 1.54) is 16.7 Å². The summed E-state index contributed by atoms with van der Waals surface area (Å²) in [5.41, 5.74) is 4.67. The van der Waals surface area contributed by atoms with E-state index in [0.29, 0.717) is 0 Å². The molecule has 19 heavy (non-hydrogen) atoms. The van der Waals surface area contributed by atoms with Crippen LogP contribution in [0.15, 0.2) is 24.7 Å². The molecule has 1 unspecified atom stereocenters. The molecule has 0 saturated carbocycles. The van der Waals surface area contributed by atoms with E-state index in [2.05, 4.69) is 48.4 Å². The highest BCUT2D eigenvalue weighted by atomic mass is 15.3. The smallest absolute Gasteiger partial charge is 0.0644 e. The van der Waals surface area contributed by atoms with Gasteiger partial charge in [-0.1, -0.05) is 13.0 Å². The van der Waals surface area contributed by atoms with Crippen molar-refractivity contribution in [3.05, 3.63) is 47.0 Å². The predicted molar refractivity (Wildman–Crippen MR) is 77.1 cm³/mol. The standard InChI is InChI=1S/C15H22N4/c1-5-6-17-15(13-7-11(2)8-16-9-13)14-10-19(4)18-12(14)3/h7-10,15,17H,5-6H2,1-4H3. The summed E-state index contributed by atoms with van der Waals surface area (Å²) in [6.07, 6.45) is 7.02. The molecule has 0 aliphatic heterocycles. The summed E-state index contributed by atoms with van der Waals surface area (Å²) in [7, 11) is 1.96. The van der Waals surface area contributed by atoms with Crippen molar-refractivity contribution in [2.24, 2.45) is 7.05 Å². The van der Waals surface area contributed by atoms with Gasteiger partial charge in [0.25, 0.3) is 0 Å². The van der Waals surface area contributed by atoms with Gasteiger partial charge in [-0.25, -0.2) is 0 Å². The molecule has 1 N–H and O–H groups in total. The lowest BCUT2D eigenvalue weighted by Crippen LogP contribution is -2.23. The monoisotopic (exact) mass is 258 g/mol. The molecule has 0 saturated heterocycles. The lowest BCUT2D eigenvalue weighted by molar-refractivity contribution is 0.594. The molecule has 0 spiro atoms. The number of aryl methyl sites for hydroxylation is 3. The fourth-order valence-electron chi connectivity index (χ4n) is 2.33. The van der Waals surface area contributed by atoms with Crippen LogP contribution in [0.1, 0.15) is 41.8 Å². The molecule has 0 radical (unpaired) electrons. The first kappa shape index (κ1) is 13.7. The predicted octanol–water partition coefficient (Wildman–Crippen LogP) is 2.52. The third kappa shape index (κ3) is 3.20. The summed E-state index contributed by atoms with van der Waals surface area (Å²) in [6, 6.07) is 2.35. The molecule has 102 valence electrons. The van der Waals surface area contributed by atoms with E-state index in [4.69, 9.17) is 0 Å². The van der Waals surface area contributed by atoms with E-state index in [1.807, 2.05) is 24.1 Å². The SMILES string of the molecule is CCCNC(c1cncc(C)c1)c1cn(C)nc1C. The van der Waals surface area contributed by atoms with Crippen LogP contribution in [0.4, 0.5) is 0 Å². The Balaban J connectivity index is 2.38. The van der Waals surface area contributed by atoms with Crippen molar-refractivity contribution in [3.8, 4) is 0 Å². The maximum absolute atomic E-state index is 4.44. The van der Waals surface area contributed by atoms with Crippen LogP contribution in [0.3, 0.4) is 0 Å². The molecule has 2 aromatic heterocycles. The number of hydrogen-bond acceptors (Lipinski definition) is 3. The van der Waals surface area contributed by atoms with Crippen molar-refractivity contribution in [2.75, 3.05) is 6.54 Å². The highest BCUT2D eigenvalue weighted by molar-refractivity contribution is 5.32. The van der Waals surface area contributed by atoms with E-state index >= 15 is 0 Å². The second kappa shape index (κ2) is 5.97. The summed E-state index contributed by atoms with van der Waals surface area (Å²) in [4.78, 5) is 4.31. The van der Waals surface area contributed by atoms with Gasteiger partial charge in [-0.15, -0.1) is 0 Å². The molecule has 1 atom stereocenters. The molecule has 0 aliphatic rings.